The molecule has 0 bridgehead atoms. The van der Waals surface area contributed by atoms with Gasteiger partial charge in [-0.2, -0.15) is 6.42 Å². The zero-order valence-corrected chi connectivity index (χ0v) is 11.2. The van der Waals surface area contributed by atoms with Gasteiger partial charge in [-0.05, 0) is 13.5 Å². The van der Waals surface area contributed by atoms with Gasteiger partial charge in [0.2, 0.25) is 0 Å². The molecule has 1 amide bonds. The van der Waals surface area contributed by atoms with E-state index in [-0.39, 0.29) is 32.7 Å². The molecular formula is C11H13NOY-2. The van der Waals surface area contributed by atoms with Crippen LogP contribution in [0.2, 0.25) is 0 Å². The first-order valence-corrected chi connectivity index (χ1v) is 4.29. The second kappa shape index (κ2) is 7.13. The number of carbonyl (C=O) groups excluding carboxylic acids is 1. The molecule has 1 aromatic rings. The number of hydrogen-bond acceptors (Lipinski definition) is 1. The summed E-state index contributed by atoms with van der Waals surface area (Å²) in [5.74, 6) is 0. The van der Waals surface area contributed by atoms with Gasteiger partial charge in [-0.3, -0.25) is 0 Å². The number of amides is 1. The summed E-state index contributed by atoms with van der Waals surface area (Å²) in [4.78, 5) is 12.1. The molecule has 0 N–H and O–H groups in total. The molecule has 0 saturated carbocycles. The van der Waals surface area contributed by atoms with Crippen LogP contribution >= 0.6 is 0 Å². The fraction of sp³-hybridized carbons (Fsp3) is 0.273. The number of aryl methyl sites for hydroxylation is 1. The van der Waals surface area contributed by atoms with Gasteiger partial charge in [-0.25, -0.2) is 0 Å². The van der Waals surface area contributed by atoms with E-state index < -0.39 is 0 Å². The van der Waals surface area contributed by atoms with Crippen molar-refractivity contribution < 1.29 is 37.5 Å². The van der Waals surface area contributed by atoms with Crippen LogP contribution in [0, 0.1) is 13.8 Å². The molecule has 0 aliphatic rings. The zero-order chi connectivity index (χ0) is 9.68. The average Bonchev–Trinajstić information content (AvgIpc) is 2.16. The van der Waals surface area contributed by atoms with Gasteiger partial charge in [-0.15, -0.1) is 17.8 Å². The summed E-state index contributed by atoms with van der Waals surface area (Å²) >= 11 is 0. The zero-order valence-electron chi connectivity index (χ0n) is 8.36. The predicted octanol–water partition coefficient (Wildman–Crippen LogP) is 2.09. The van der Waals surface area contributed by atoms with Crippen molar-refractivity contribution in [2.75, 3.05) is 11.4 Å². The molecule has 2 nitrogen and oxygen atoms in total. The van der Waals surface area contributed by atoms with Crippen LogP contribution in [0.1, 0.15) is 12.0 Å². The first kappa shape index (κ1) is 13.8. The van der Waals surface area contributed by atoms with E-state index >= 15 is 0 Å². The molecular weight excluding hydrogens is 251 g/mol. The maximum absolute atomic E-state index is 10.6. The molecule has 0 aromatic heterocycles. The van der Waals surface area contributed by atoms with Gasteiger partial charge in [0.25, 0.3) is 0 Å². The largest absolute Gasteiger partial charge is 0.479 e. The molecule has 73 valence electrons. The first-order chi connectivity index (χ1) is 6.27. The Labute approximate surface area is 111 Å². The van der Waals surface area contributed by atoms with Gasteiger partial charge in [0.15, 0.2) is 0 Å². The topological polar surface area (TPSA) is 20.3 Å². The Kier molecular flexibility index (Phi) is 7.03. The van der Waals surface area contributed by atoms with Crippen LogP contribution in [0.3, 0.4) is 0 Å². The second-order valence-corrected chi connectivity index (χ2v) is 2.93. The molecule has 1 rings (SSSR count). The van der Waals surface area contributed by atoms with E-state index in [1.807, 2.05) is 37.6 Å². The SMILES string of the molecule is [CH2-]CCN([C-]=O)c1ccc(C)cc1.[Y]. The summed E-state index contributed by atoms with van der Waals surface area (Å²) in [5.41, 5.74) is 2.06. The third-order valence-electron chi connectivity index (χ3n) is 1.84. The molecule has 0 fully saturated rings. The van der Waals surface area contributed by atoms with Crippen LogP contribution in [0.4, 0.5) is 5.69 Å². The van der Waals surface area contributed by atoms with E-state index in [2.05, 4.69) is 6.92 Å². The Morgan fingerprint density at radius 3 is 2.36 bits per heavy atom. The molecule has 0 heterocycles. The molecule has 0 aliphatic heterocycles. The predicted molar refractivity (Wildman–Crippen MR) is 54.2 cm³/mol. The van der Waals surface area contributed by atoms with Crippen LogP contribution < -0.4 is 4.90 Å². The monoisotopic (exact) mass is 264 g/mol. The van der Waals surface area contributed by atoms with Crippen molar-refractivity contribution in [1.82, 2.24) is 0 Å². The van der Waals surface area contributed by atoms with E-state index in [4.69, 9.17) is 0 Å². The summed E-state index contributed by atoms with van der Waals surface area (Å²) in [5, 5.41) is 0. The Morgan fingerprint density at radius 2 is 1.93 bits per heavy atom. The van der Waals surface area contributed by atoms with Crippen LogP contribution in [-0.4, -0.2) is 13.0 Å². The van der Waals surface area contributed by atoms with Gasteiger partial charge in [-0.1, -0.05) is 17.7 Å². The molecule has 3 heteroatoms. The van der Waals surface area contributed by atoms with Crippen molar-refractivity contribution in [2.45, 2.75) is 13.3 Å². The van der Waals surface area contributed by atoms with Crippen LogP contribution in [-0.2, 0) is 37.5 Å². The van der Waals surface area contributed by atoms with E-state index in [1.54, 1.807) is 0 Å². The number of rotatable bonds is 4. The van der Waals surface area contributed by atoms with Crippen molar-refractivity contribution in [1.29, 1.82) is 0 Å². The van der Waals surface area contributed by atoms with E-state index in [0.29, 0.717) is 13.0 Å². The van der Waals surface area contributed by atoms with Crippen LogP contribution in [0.25, 0.3) is 0 Å². The number of hydrogen-bond donors (Lipinski definition) is 0. The standard InChI is InChI=1S/C11H13NO.Y/c1-3-8-12(9-13)11-6-4-10(2)5-7-11;/h4-7H,1,3,8H2,2H3;/q-2;. The maximum atomic E-state index is 10.6. The van der Waals surface area contributed by atoms with Crippen LogP contribution in [0.5, 0.6) is 0 Å². The minimum absolute atomic E-state index is 0. The summed E-state index contributed by atoms with van der Waals surface area (Å²) in [6.07, 6.45) is 2.58. The summed E-state index contributed by atoms with van der Waals surface area (Å²) < 4.78 is 0. The van der Waals surface area contributed by atoms with Crippen molar-refractivity contribution in [3.05, 3.63) is 36.8 Å². The van der Waals surface area contributed by atoms with Gasteiger partial charge >= 0.3 is 0 Å². The minimum atomic E-state index is 0. The van der Waals surface area contributed by atoms with Crippen molar-refractivity contribution >= 4 is 12.1 Å². The summed E-state index contributed by atoms with van der Waals surface area (Å²) in [6.45, 7) is 6.33. The van der Waals surface area contributed by atoms with Gasteiger partial charge in [0.1, 0.15) is 0 Å². The molecule has 0 saturated heterocycles. The molecule has 14 heavy (non-hydrogen) atoms. The second-order valence-electron chi connectivity index (χ2n) is 2.93. The molecule has 1 aromatic carbocycles. The molecule has 0 unspecified atom stereocenters. The van der Waals surface area contributed by atoms with Crippen molar-refractivity contribution in [3.8, 4) is 0 Å². The van der Waals surface area contributed by atoms with E-state index in [1.165, 1.54) is 10.5 Å². The molecule has 1 radical (unpaired) electrons. The van der Waals surface area contributed by atoms with E-state index in [0.717, 1.165) is 5.69 Å². The molecule has 0 spiro atoms. The smallest absolute Gasteiger partial charge is 0.0718 e. The van der Waals surface area contributed by atoms with Crippen molar-refractivity contribution in [2.24, 2.45) is 0 Å². The Bertz CT molecular complexity index is 271. The molecule has 0 atom stereocenters. The van der Waals surface area contributed by atoms with E-state index in [9.17, 15) is 4.79 Å². The minimum Gasteiger partial charge on any atom is -0.479 e. The summed E-state index contributed by atoms with van der Waals surface area (Å²) in [6, 6.07) is 7.78. The number of nitrogens with zero attached hydrogens (tertiary/aromatic N) is 1. The molecule has 0 aliphatic carbocycles. The Balaban J connectivity index is 0.00000169. The Morgan fingerprint density at radius 1 is 1.36 bits per heavy atom. The number of anilines is 1. The van der Waals surface area contributed by atoms with Gasteiger partial charge in [0, 0.05) is 32.7 Å². The number of benzene rings is 1. The first-order valence-electron chi connectivity index (χ1n) is 4.29. The quantitative estimate of drug-likeness (QED) is 0.602. The van der Waals surface area contributed by atoms with Crippen molar-refractivity contribution in [3.63, 3.8) is 0 Å². The third kappa shape index (κ3) is 3.89. The van der Waals surface area contributed by atoms with Gasteiger partial charge < -0.3 is 16.6 Å². The Hall–Kier alpha value is -0.206. The average molecular weight is 264 g/mol. The maximum Gasteiger partial charge on any atom is 0.0718 e. The third-order valence-corrected chi connectivity index (χ3v) is 1.84. The fourth-order valence-corrected chi connectivity index (χ4v) is 1.11. The normalized spacial score (nSPS) is 9.00. The summed E-state index contributed by atoms with van der Waals surface area (Å²) in [7, 11) is 0. The van der Waals surface area contributed by atoms with Gasteiger partial charge in [0.05, 0.1) is 6.41 Å². The fourth-order valence-electron chi connectivity index (χ4n) is 1.11. The van der Waals surface area contributed by atoms with Crippen LogP contribution in [0.15, 0.2) is 24.3 Å².